The molecule has 31 heavy (non-hydrogen) atoms. The Kier molecular flexibility index (Phi) is 7.65. The SMILES string of the molecule is CN(C)CCNC(=O)/C(=C/c1ccc(-c2cccc(Cl)c2)o1)NC(=O)c1ccccc1. The molecule has 1 heterocycles. The predicted octanol–water partition coefficient (Wildman–Crippen LogP) is 4.05. The third-order valence-electron chi connectivity index (χ3n) is 4.40. The first kappa shape index (κ1) is 22.3. The van der Waals surface area contributed by atoms with Gasteiger partial charge < -0.3 is 20.0 Å². The van der Waals surface area contributed by atoms with Crippen LogP contribution in [-0.4, -0.2) is 43.9 Å². The van der Waals surface area contributed by atoms with Crippen LogP contribution in [-0.2, 0) is 4.79 Å². The van der Waals surface area contributed by atoms with Gasteiger partial charge in [-0.15, -0.1) is 0 Å². The highest BCUT2D eigenvalue weighted by Crippen LogP contribution is 2.25. The molecule has 160 valence electrons. The van der Waals surface area contributed by atoms with Crippen LogP contribution in [0.25, 0.3) is 17.4 Å². The molecular weight excluding hydrogens is 414 g/mol. The highest BCUT2D eigenvalue weighted by Gasteiger charge is 2.15. The smallest absolute Gasteiger partial charge is 0.267 e. The first-order valence-corrected chi connectivity index (χ1v) is 10.2. The van der Waals surface area contributed by atoms with Gasteiger partial charge in [0.1, 0.15) is 17.2 Å². The van der Waals surface area contributed by atoms with E-state index in [9.17, 15) is 9.59 Å². The predicted molar refractivity (Wildman–Crippen MR) is 123 cm³/mol. The maximum Gasteiger partial charge on any atom is 0.267 e. The first-order chi connectivity index (χ1) is 14.9. The summed E-state index contributed by atoms with van der Waals surface area (Å²) >= 11 is 6.06. The summed E-state index contributed by atoms with van der Waals surface area (Å²) in [7, 11) is 3.83. The van der Waals surface area contributed by atoms with Crippen molar-refractivity contribution in [1.82, 2.24) is 15.5 Å². The Morgan fingerprint density at radius 1 is 1.03 bits per heavy atom. The van der Waals surface area contributed by atoms with Crippen molar-refractivity contribution in [1.29, 1.82) is 0 Å². The first-order valence-electron chi connectivity index (χ1n) is 9.79. The molecule has 0 radical (unpaired) electrons. The maximum atomic E-state index is 12.7. The van der Waals surface area contributed by atoms with Crippen molar-refractivity contribution in [3.05, 3.63) is 88.8 Å². The second-order valence-corrected chi connectivity index (χ2v) is 7.59. The molecule has 2 amide bonds. The summed E-state index contributed by atoms with van der Waals surface area (Å²) in [5.41, 5.74) is 1.37. The van der Waals surface area contributed by atoms with E-state index in [0.717, 1.165) is 5.56 Å². The summed E-state index contributed by atoms with van der Waals surface area (Å²) in [6.07, 6.45) is 1.51. The fourth-order valence-corrected chi connectivity index (χ4v) is 2.99. The van der Waals surface area contributed by atoms with E-state index in [1.807, 2.05) is 37.2 Å². The Morgan fingerprint density at radius 2 is 1.81 bits per heavy atom. The van der Waals surface area contributed by atoms with E-state index in [2.05, 4.69) is 10.6 Å². The van der Waals surface area contributed by atoms with Crippen LogP contribution < -0.4 is 10.6 Å². The number of rotatable bonds is 8. The van der Waals surface area contributed by atoms with Gasteiger partial charge >= 0.3 is 0 Å². The molecular formula is C24H24ClN3O3. The molecule has 0 aliphatic carbocycles. The van der Waals surface area contributed by atoms with Gasteiger partial charge in [-0.2, -0.15) is 0 Å². The lowest BCUT2D eigenvalue weighted by molar-refractivity contribution is -0.117. The Balaban J connectivity index is 1.83. The molecule has 2 N–H and O–H groups in total. The molecule has 0 atom stereocenters. The molecule has 0 aliphatic rings. The average molecular weight is 438 g/mol. The number of hydrogen-bond donors (Lipinski definition) is 2. The summed E-state index contributed by atoms with van der Waals surface area (Å²) < 4.78 is 5.86. The number of halogens is 1. The largest absolute Gasteiger partial charge is 0.457 e. The Labute approximate surface area is 186 Å². The lowest BCUT2D eigenvalue weighted by Crippen LogP contribution is -2.37. The second-order valence-electron chi connectivity index (χ2n) is 7.15. The molecule has 0 bridgehead atoms. The minimum absolute atomic E-state index is 0.0969. The van der Waals surface area contributed by atoms with Gasteiger partial charge in [-0.05, 0) is 50.5 Å². The molecule has 0 unspecified atom stereocenters. The Morgan fingerprint density at radius 3 is 2.52 bits per heavy atom. The fraction of sp³-hybridized carbons (Fsp3) is 0.167. The van der Waals surface area contributed by atoms with Crippen molar-refractivity contribution in [3.63, 3.8) is 0 Å². The zero-order chi connectivity index (χ0) is 22.2. The van der Waals surface area contributed by atoms with Crippen molar-refractivity contribution in [3.8, 4) is 11.3 Å². The minimum atomic E-state index is -0.396. The normalized spacial score (nSPS) is 11.4. The molecule has 1 aromatic heterocycles. The van der Waals surface area contributed by atoms with E-state index in [1.165, 1.54) is 6.08 Å². The third kappa shape index (κ3) is 6.57. The van der Waals surface area contributed by atoms with Gasteiger partial charge in [0.2, 0.25) is 0 Å². The molecule has 0 spiro atoms. The van der Waals surface area contributed by atoms with E-state index < -0.39 is 5.91 Å². The number of amides is 2. The molecule has 0 fully saturated rings. The number of likely N-dealkylation sites (N-methyl/N-ethyl adjacent to an activating group) is 1. The molecule has 3 rings (SSSR count). The van der Waals surface area contributed by atoms with Crippen molar-refractivity contribution in [2.24, 2.45) is 0 Å². The van der Waals surface area contributed by atoms with Gasteiger partial charge in [0.25, 0.3) is 11.8 Å². The summed E-state index contributed by atoms with van der Waals surface area (Å²) in [6.45, 7) is 1.11. The van der Waals surface area contributed by atoms with Gasteiger partial charge in [-0.1, -0.05) is 41.9 Å². The standard InChI is InChI=1S/C24H24ClN3O3/c1-28(2)14-13-26-24(30)21(27-23(29)17-7-4-3-5-8-17)16-20-11-12-22(31-20)18-9-6-10-19(25)15-18/h3-12,15-16H,13-14H2,1-2H3,(H,26,30)(H,27,29)/b21-16-. The van der Waals surface area contributed by atoms with Crippen LogP contribution in [0.2, 0.25) is 5.02 Å². The van der Waals surface area contributed by atoms with Gasteiger partial charge in [-0.25, -0.2) is 0 Å². The van der Waals surface area contributed by atoms with Crippen molar-refractivity contribution < 1.29 is 14.0 Å². The monoisotopic (exact) mass is 437 g/mol. The van der Waals surface area contributed by atoms with Gasteiger partial charge in [0.15, 0.2) is 0 Å². The zero-order valence-corrected chi connectivity index (χ0v) is 18.1. The van der Waals surface area contributed by atoms with Crippen molar-refractivity contribution >= 4 is 29.5 Å². The average Bonchev–Trinajstić information content (AvgIpc) is 3.22. The van der Waals surface area contributed by atoms with Gasteiger partial charge in [0, 0.05) is 35.3 Å². The highest BCUT2D eigenvalue weighted by molar-refractivity contribution is 6.30. The number of nitrogens with one attached hydrogen (secondary N) is 2. The molecule has 0 saturated carbocycles. The van der Waals surface area contributed by atoms with E-state index in [4.69, 9.17) is 16.0 Å². The zero-order valence-electron chi connectivity index (χ0n) is 17.4. The van der Waals surface area contributed by atoms with Crippen molar-refractivity contribution in [2.75, 3.05) is 27.2 Å². The number of carbonyl (C=O) groups is 2. The topological polar surface area (TPSA) is 74.6 Å². The van der Waals surface area contributed by atoms with Gasteiger partial charge in [-0.3, -0.25) is 9.59 Å². The number of hydrogen-bond acceptors (Lipinski definition) is 4. The van der Waals surface area contributed by atoms with E-state index in [1.54, 1.807) is 48.5 Å². The lowest BCUT2D eigenvalue weighted by atomic mass is 10.2. The summed E-state index contributed by atoms with van der Waals surface area (Å²) in [4.78, 5) is 27.3. The number of benzene rings is 2. The van der Waals surface area contributed by atoms with Gasteiger partial charge in [0.05, 0.1) is 0 Å². The van der Waals surface area contributed by atoms with Crippen LogP contribution in [0.5, 0.6) is 0 Å². The molecule has 3 aromatic rings. The highest BCUT2D eigenvalue weighted by atomic mass is 35.5. The van der Waals surface area contributed by atoms with Crippen LogP contribution >= 0.6 is 11.6 Å². The summed E-state index contributed by atoms with van der Waals surface area (Å²) in [6, 6.07) is 19.5. The Hall–Kier alpha value is -3.35. The van der Waals surface area contributed by atoms with Crippen molar-refractivity contribution in [2.45, 2.75) is 0 Å². The Bertz CT molecular complexity index is 1070. The number of nitrogens with zero attached hydrogens (tertiary/aromatic N) is 1. The summed E-state index contributed by atoms with van der Waals surface area (Å²) in [5, 5.41) is 6.11. The second kappa shape index (κ2) is 10.6. The lowest BCUT2D eigenvalue weighted by Gasteiger charge is -2.13. The molecule has 0 saturated heterocycles. The van der Waals surface area contributed by atoms with E-state index >= 15 is 0 Å². The number of furan rings is 1. The molecule has 6 nitrogen and oxygen atoms in total. The van der Waals surface area contributed by atoms with Crippen LogP contribution in [0, 0.1) is 0 Å². The minimum Gasteiger partial charge on any atom is -0.457 e. The van der Waals surface area contributed by atoms with Crippen LogP contribution in [0.15, 0.2) is 76.8 Å². The maximum absolute atomic E-state index is 12.7. The quantitative estimate of drug-likeness (QED) is 0.521. The van der Waals surface area contributed by atoms with Crippen LogP contribution in [0.1, 0.15) is 16.1 Å². The van der Waals surface area contributed by atoms with E-state index in [-0.39, 0.29) is 11.6 Å². The van der Waals surface area contributed by atoms with E-state index in [0.29, 0.717) is 35.2 Å². The molecule has 0 aliphatic heterocycles. The molecule has 2 aromatic carbocycles. The number of carbonyl (C=O) groups excluding carboxylic acids is 2. The van der Waals surface area contributed by atoms with Crippen LogP contribution in [0.3, 0.4) is 0 Å². The fourth-order valence-electron chi connectivity index (χ4n) is 2.80. The molecule has 7 heteroatoms. The van der Waals surface area contributed by atoms with Crippen LogP contribution in [0.4, 0.5) is 0 Å². The summed E-state index contributed by atoms with van der Waals surface area (Å²) in [5.74, 6) is 0.264. The third-order valence-corrected chi connectivity index (χ3v) is 4.63.